The average molecular weight is 353 g/mol. The summed E-state index contributed by atoms with van der Waals surface area (Å²) in [7, 11) is 3.49. The summed E-state index contributed by atoms with van der Waals surface area (Å²) in [5.74, 6) is 0.767. The zero-order valence-electron chi connectivity index (χ0n) is 13.8. The Labute approximate surface area is 146 Å². The van der Waals surface area contributed by atoms with Crippen LogP contribution in [-0.2, 0) is 11.3 Å². The molecule has 0 N–H and O–H groups in total. The minimum atomic E-state index is 0.0225. The number of carbonyl (C=O) groups excluding carboxylic acids is 1. The standard InChI is InChI=1S/C16H21ClN4OS/c1-5-14(12-6-8-13(17)9-7-12)23-16-19-18-11(2)21(16)10-15(22)20(3)4/h6-9,14H,5,10H2,1-4H3. The van der Waals surface area contributed by atoms with E-state index in [-0.39, 0.29) is 17.7 Å². The first kappa shape index (κ1) is 17.8. The van der Waals surface area contributed by atoms with Crippen LogP contribution in [0.5, 0.6) is 0 Å². The second kappa shape index (κ2) is 7.84. The molecule has 124 valence electrons. The lowest BCUT2D eigenvalue weighted by molar-refractivity contribution is -0.129. The van der Waals surface area contributed by atoms with Gasteiger partial charge in [-0.1, -0.05) is 42.4 Å². The van der Waals surface area contributed by atoms with E-state index in [1.807, 2.05) is 35.8 Å². The molecule has 0 saturated heterocycles. The Morgan fingerprint density at radius 2 is 1.96 bits per heavy atom. The Hall–Kier alpha value is -1.53. The highest BCUT2D eigenvalue weighted by Crippen LogP contribution is 2.37. The van der Waals surface area contributed by atoms with E-state index < -0.39 is 0 Å². The zero-order valence-corrected chi connectivity index (χ0v) is 15.4. The quantitative estimate of drug-likeness (QED) is 0.746. The van der Waals surface area contributed by atoms with Crippen LogP contribution in [0.1, 0.15) is 30.0 Å². The molecule has 1 heterocycles. The summed E-state index contributed by atoms with van der Waals surface area (Å²) < 4.78 is 1.87. The lowest BCUT2D eigenvalue weighted by atomic mass is 10.1. The average Bonchev–Trinajstić information content (AvgIpc) is 2.86. The van der Waals surface area contributed by atoms with Gasteiger partial charge in [-0.2, -0.15) is 0 Å². The van der Waals surface area contributed by atoms with Crippen LogP contribution < -0.4 is 0 Å². The SMILES string of the molecule is CCC(Sc1nnc(C)n1CC(=O)N(C)C)c1ccc(Cl)cc1. The van der Waals surface area contributed by atoms with E-state index in [4.69, 9.17) is 11.6 Å². The molecule has 1 unspecified atom stereocenters. The highest BCUT2D eigenvalue weighted by molar-refractivity contribution is 7.99. The van der Waals surface area contributed by atoms with Crippen molar-refractivity contribution in [1.29, 1.82) is 0 Å². The van der Waals surface area contributed by atoms with Crippen LogP contribution in [0, 0.1) is 6.92 Å². The third-order valence-electron chi connectivity index (χ3n) is 3.55. The number of thioether (sulfide) groups is 1. The van der Waals surface area contributed by atoms with Crippen molar-refractivity contribution in [2.45, 2.75) is 37.2 Å². The van der Waals surface area contributed by atoms with Gasteiger partial charge in [0, 0.05) is 24.4 Å². The fourth-order valence-corrected chi connectivity index (χ4v) is 3.35. The molecule has 0 aliphatic carbocycles. The van der Waals surface area contributed by atoms with Gasteiger partial charge in [-0.3, -0.25) is 9.36 Å². The van der Waals surface area contributed by atoms with Gasteiger partial charge in [0.2, 0.25) is 5.91 Å². The number of aryl methyl sites for hydroxylation is 1. The molecule has 1 aromatic carbocycles. The number of likely N-dealkylation sites (N-methyl/N-ethyl adjacent to an activating group) is 1. The minimum Gasteiger partial charge on any atom is -0.347 e. The summed E-state index contributed by atoms with van der Waals surface area (Å²) in [5, 5.41) is 10.1. The number of carbonyl (C=O) groups is 1. The van der Waals surface area contributed by atoms with Crippen LogP contribution in [0.3, 0.4) is 0 Å². The van der Waals surface area contributed by atoms with Gasteiger partial charge < -0.3 is 4.90 Å². The number of rotatable bonds is 6. The molecule has 0 aliphatic rings. The summed E-state index contributed by atoms with van der Waals surface area (Å²) in [5.41, 5.74) is 1.19. The van der Waals surface area contributed by atoms with Crippen LogP contribution in [0.25, 0.3) is 0 Å². The van der Waals surface area contributed by atoms with Crippen LogP contribution in [0.2, 0.25) is 5.02 Å². The Bertz CT molecular complexity index is 669. The van der Waals surface area contributed by atoms with Gasteiger partial charge in [0.05, 0.1) is 0 Å². The highest BCUT2D eigenvalue weighted by atomic mass is 35.5. The Morgan fingerprint density at radius 1 is 1.30 bits per heavy atom. The molecule has 0 fully saturated rings. The molecule has 1 amide bonds. The Balaban J connectivity index is 2.21. The first-order valence-corrected chi connectivity index (χ1v) is 8.70. The van der Waals surface area contributed by atoms with Crippen molar-refractivity contribution in [3.8, 4) is 0 Å². The predicted molar refractivity (Wildman–Crippen MR) is 93.8 cm³/mol. The number of hydrogen-bond acceptors (Lipinski definition) is 4. The van der Waals surface area contributed by atoms with Crippen molar-refractivity contribution in [3.05, 3.63) is 40.7 Å². The van der Waals surface area contributed by atoms with Gasteiger partial charge in [-0.15, -0.1) is 10.2 Å². The lowest BCUT2D eigenvalue weighted by Gasteiger charge is -2.17. The van der Waals surface area contributed by atoms with Crippen LogP contribution in [-0.4, -0.2) is 39.7 Å². The van der Waals surface area contributed by atoms with E-state index in [0.717, 1.165) is 22.4 Å². The summed E-state index contributed by atoms with van der Waals surface area (Å²) in [6.07, 6.45) is 0.944. The Kier molecular flexibility index (Phi) is 6.07. The molecule has 0 aliphatic heterocycles. The largest absolute Gasteiger partial charge is 0.347 e. The second-order valence-electron chi connectivity index (χ2n) is 5.47. The van der Waals surface area contributed by atoms with E-state index in [1.54, 1.807) is 30.8 Å². The topological polar surface area (TPSA) is 51.0 Å². The first-order valence-electron chi connectivity index (χ1n) is 7.44. The molecule has 7 heteroatoms. The third-order valence-corrected chi connectivity index (χ3v) is 5.21. The van der Waals surface area contributed by atoms with Crippen molar-refractivity contribution in [2.24, 2.45) is 0 Å². The van der Waals surface area contributed by atoms with E-state index in [9.17, 15) is 4.79 Å². The van der Waals surface area contributed by atoms with Gasteiger partial charge in [-0.25, -0.2) is 0 Å². The van der Waals surface area contributed by atoms with Crippen molar-refractivity contribution in [3.63, 3.8) is 0 Å². The maximum absolute atomic E-state index is 12.0. The number of nitrogens with zero attached hydrogens (tertiary/aromatic N) is 4. The van der Waals surface area contributed by atoms with E-state index >= 15 is 0 Å². The van der Waals surface area contributed by atoms with Crippen molar-refractivity contribution in [2.75, 3.05) is 14.1 Å². The number of amides is 1. The summed E-state index contributed by atoms with van der Waals surface area (Å²) in [6.45, 7) is 4.25. The molecular formula is C16H21ClN4OS. The van der Waals surface area contributed by atoms with Crippen molar-refractivity contribution in [1.82, 2.24) is 19.7 Å². The Morgan fingerprint density at radius 3 is 2.52 bits per heavy atom. The second-order valence-corrected chi connectivity index (χ2v) is 7.08. The molecule has 2 rings (SSSR count). The molecule has 1 atom stereocenters. The monoisotopic (exact) mass is 352 g/mol. The fourth-order valence-electron chi connectivity index (χ4n) is 2.10. The molecule has 5 nitrogen and oxygen atoms in total. The predicted octanol–water partition coefficient (Wildman–Crippen LogP) is 3.57. The van der Waals surface area contributed by atoms with Crippen LogP contribution >= 0.6 is 23.4 Å². The highest BCUT2D eigenvalue weighted by Gasteiger charge is 2.19. The maximum Gasteiger partial charge on any atom is 0.242 e. The van der Waals surface area contributed by atoms with E-state index in [0.29, 0.717) is 0 Å². The molecular weight excluding hydrogens is 332 g/mol. The molecule has 0 radical (unpaired) electrons. The van der Waals surface area contributed by atoms with Crippen molar-refractivity contribution >= 4 is 29.3 Å². The van der Waals surface area contributed by atoms with Gasteiger partial charge in [0.25, 0.3) is 0 Å². The molecule has 1 aromatic heterocycles. The van der Waals surface area contributed by atoms with Gasteiger partial charge in [0.1, 0.15) is 12.4 Å². The van der Waals surface area contributed by atoms with Gasteiger partial charge in [0.15, 0.2) is 5.16 Å². The van der Waals surface area contributed by atoms with E-state index in [1.165, 1.54) is 5.56 Å². The van der Waals surface area contributed by atoms with Gasteiger partial charge >= 0.3 is 0 Å². The van der Waals surface area contributed by atoms with E-state index in [2.05, 4.69) is 17.1 Å². The molecule has 23 heavy (non-hydrogen) atoms. The van der Waals surface area contributed by atoms with Crippen molar-refractivity contribution < 1.29 is 4.79 Å². The molecule has 2 aromatic rings. The van der Waals surface area contributed by atoms with Crippen LogP contribution in [0.15, 0.2) is 29.4 Å². The lowest BCUT2D eigenvalue weighted by Crippen LogP contribution is -2.27. The smallest absolute Gasteiger partial charge is 0.242 e. The minimum absolute atomic E-state index is 0.0225. The first-order chi connectivity index (χ1) is 10.9. The fraction of sp³-hybridized carbons (Fsp3) is 0.438. The number of halogens is 1. The molecule has 0 bridgehead atoms. The summed E-state index contributed by atoms with van der Waals surface area (Å²) in [6, 6.07) is 7.85. The normalized spacial score (nSPS) is 12.2. The van der Waals surface area contributed by atoms with Gasteiger partial charge in [-0.05, 0) is 31.0 Å². The summed E-state index contributed by atoms with van der Waals surface area (Å²) >= 11 is 7.58. The molecule has 0 spiro atoms. The maximum atomic E-state index is 12.0. The zero-order chi connectivity index (χ0) is 17.0. The number of benzene rings is 1. The summed E-state index contributed by atoms with van der Waals surface area (Å²) in [4.78, 5) is 13.6. The molecule has 0 saturated carbocycles. The number of hydrogen-bond donors (Lipinski definition) is 0. The van der Waals surface area contributed by atoms with Crippen LogP contribution in [0.4, 0.5) is 0 Å². The number of aromatic nitrogens is 3. The third kappa shape index (κ3) is 4.48.